The molecule has 0 aliphatic carbocycles. The van der Waals surface area contributed by atoms with E-state index in [1.807, 2.05) is 31.2 Å². The Morgan fingerprint density at radius 2 is 2.17 bits per heavy atom. The molecule has 0 aromatic heterocycles. The molecule has 1 aliphatic rings. The Bertz CT molecular complexity index is 432. The Labute approximate surface area is 109 Å². The van der Waals surface area contributed by atoms with Gasteiger partial charge in [0.25, 0.3) is 0 Å². The zero-order chi connectivity index (χ0) is 13.0. The maximum absolute atomic E-state index is 12.3. The molecule has 2 heteroatoms. The zero-order valence-electron chi connectivity index (χ0n) is 11.1. The van der Waals surface area contributed by atoms with Crippen molar-refractivity contribution < 1.29 is 4.79 Å². The SMILES string of the molecule is C=Cc1cccc(C(=O)C(C)CN2CCCC2)c1. The lowest BCUT2D eigenvalue weighted by molar-refractivity contribution is 0.0903. The van der Waals surface area contributed by atoms with E-state index in [0.29, 0.717) is 0 Å². The lowest BCUT2D eigenvalue weighted by Gasteiger charge is -2.19. The van der Waals surface area contributed by atoms with Gasteiger partial charge in [-0.3, -0.25) is 4.79 Å². The summed E-state index contributed by atoms with van der Waals surface area (Å²) in [5.41, 5.74) is 1.81. The molecule has 0 amide bonds. The van der Waals surface area contributed by atoms with E-state index in [1.165, 1.54) is 12.8 Å². The number of benzene rings is 1. The maximum atomic E-state index is 12.3. The average molecular weight is 243 g/mol. The molecule has 1 fully saturated rings. The molecular formula is C16H21NO. The summed E-state index contributed by atoms with van der Waals surface area (Å²) < 4.78 is 0. The average Bonchev–Trinajstić information content (AvgIpc) is 2.90. The van der Waals surface area contributed by atoms with Gasteiger partial charge in [-0.05, 0) is 37.6 Å². The number of hydrogen-bond acceptors (Lipinski definition) is 2. The van der Waals surface area contributed by atoms with Gasteiger partial charge in [-0.25, -0.2) is 0 Å². The standard InChI is InChI=1S/C16H21NO/c1-3-14-7-6-8-15(11-14)16(18)13(2)12-17-9-4-5-10-17/h3,6-8,11,13H,1,4-5,9-10,12H2,2H3. The highest BCUT2D eigenvalue weighted by atomic mass is 16.1. The van der Waals surface area contributed by atoms with Crippen molar-refractivity contribution in [2.45, 2.75) is 19.8 Å². The van der Waals surface area contributed by atoms with Crippen molar-refractivity contribution in [1.82, 2.24) is 4.90 Å². The monoisotopic (exact) mass is 243 g/mol. The van der Waals surface area contributed by atoms with Crippen LogP contribution in [0.25, 0.3) is 6.08 Å². The quantitative estimate of drug-likeness (QED) is 0.740. The van der Waals surface area contributed by atoms with E-state index in [9.17, 15) is 4.79 Å². The molecule has 18 heavy (non-hydrogen) atoms. The second-order valence-corrected chi connectivity index (χ2v) is 5.10. The molecule has 0 spiro atoms. The number of rotatable bonds is 5. The van der Waals surface area contributed by atoms with Crippen LogP contribution in [-0.4, -0.2) is 30.3 Å². The third-order valence-corrected chi connectivity index (χ3v) is 3.59. The third kappa shape index (κ3) is 3.08. The highest BCUT2D eigenvalue weighted by molar-refractivity contribution is 5.98. The molecule has 1 aromatic rings. The molecule has 0 saturated carbocycles. The highest BCUT2D eigenvalue weighted by Crippen LogP contribution is 2.15. The van der Waals surface area contributed by atoms with Crippen LogP contribution in [0.4, 0.5) is 0 Å². The van der Waals surface area contributed by atoms with Crippen molar-refractivity contribution in [3.05, 3.63) is 42.0 Å². The van der Waals surface area contributed by atoms with Crippen LogP contribution in [0.3, 0.4) is 0 Å². The summed E-state index contributed by atoms with van der Waals surface area (Å²) >= 11 is 0. The summed E-state index contributed by atoms with van der Waals surface area (Å²) in [6.45, 7) is 8.94. The van der Waals surface area contributed by atoms with E-state index in [-0.39, 0.29) is 11.7 Å². The summed E-state index contributed by atoms with van der Waals surface area (Å²) in [6.07, 6.45) is 4.32. The molecule has 96 valence electrons. The Kier molecular flexibility index (Phi) is 4.32. The number of hydrogen-bond donors (Lipinski definition) is 0. The molecule has 1 aliphatic heterocycles. The topological polar surface area (TPSA) is 20.3 Å². The first-order valence-corrected chi connectivity index (χ1v) is 6.70. The predicted octanol–water partition coefficient (Wildman–Crippen LogP) is 3.24. The molecule has 0 bridgehead atoms. The Balaban J connectivity index is 2.02. The Hall–Kier alpha value is -1.41. The fourth-order valence-corrected chi connectivity index (χ4v) is 2.54. The largest absolute Gasteiger partial charge is 0.303 e. The molecule has 1 saturated heterocycles. The first-order chi connectivity index (χ1) is 8.70. The first kappa shape index (κ1) is 13.0. The minimum Gasteiger partial charge on any atom is -0.303 e. The van der Waals surface area contributed by atoms with Crippen molar-refractivity contribution >= 4 is 11.9 Å². The number of ketones is 1. The third-order valence-electron chi connectivity index (χ3n) is 3.59. The van der Waals surface area contributed by atoms with Gasteiger partial charge < -0.3 is 4.90 Å². The minimum absolute atomic E-state index is 0.0724. The van der Waals surface area contributed by atoms with Crippen molar-refractivity contribution in [3.63, 3.8) is 0 Å². The van der Waals surface area contributed by atoms with Crippen LogP contribution in [0.15, 0.2) is 30.8 Å². The fraction of sp³-hybridized carbons (Fsp3) is 0.438. The lowest BCUT2D eigenvalue weighted by atomic mass is 9.97. The van der Waals surface area contributed by atoms with Gasteiger partial charge in [-0.2, -0.15) is 0 Å². The van der Waals surface area contributed by atoms with Crippen LogP contribution in [0.2, 0.25) is 0 Å². The van der Waals surface area contributed by atoms with Crippen LogP contribution < -0.4 is 0 Å². The van der Waals surface area contributed by atoms with Crippen LogP contribution in [0.1, 0.15) is 35.7 Å². The number of carbonyl (C=O) groups excluding carboxylic acids is 1. The van der Waals surface area contributed by atoms with Gasteiger partial charge in [-0.1, -0.05) is 37.8 Å². The molecule has 2 rings (SSSR count). The predicted molar refractivity (Wildman–Crippen MR) is 75.7 cm³/mol. The lowest BCUT2D eigenvalue weighted by Crippen LogP contribution is -2.29. The number of nitrogens with zero attached hydrogens (tertiary/aromatic N) is 1. The molecule has 1 heterocycles. The van der Waals surface area contributed by atoms with Gasteiger partial charge in [0.2, 0.25) is 0 Å². The second kappa shape index (κ2) is 5.96. The van der Waals surface area contributed by atoms with Crippen molar-refractivity contribution in [1.29, 1.82) is 0 Å². The summed E-state index contributed by atoms with van der Waals surface area (Å²) in [6, 6.07) is 7.72. The number of carbonyl (C=O) groups is 1. The van der Waals surface area contributed by atoms with Crippen molar-refractivity contribution in [2.75, 3.05) is 19.6 Å². The van der Waals surface area contributed by atoms with E-state index < -0.39 is 0 Å². The van der Waals surface area contributed by atoms with Gasteiger partial charge in [0.15, 0.2) is 5.78 Å². The van der Waals surface area contributed by atoms with Crippen LogP contribution in [0, 0.1) is 5.92 Å². The van der Waals surface area contributed by atoms with E-state index >= 15 is 0 Å². The van der Waals surface area contributed by atoms with Crippen LogP contribution >= 0.6 is 0 Å². The van der Waals surface area contributed by atoms with Gasteiger partial charge in [0.1, 0.15) is 0 Å². The molecule has 1 aromatic carbocycles. The van der Waals surface area contributed by atoms with E-state index in [1.54, 1.807) is 6.08 Å². The minimum atomic E-state index is 0.0724. The zero-order valence-corrected chi connectivity index (χ0v) is 11.1. The molecule has 1 atom stereocenters. The smallest absolute Gasteiger partial charge is 0.166 e. The molecule has 1 unspecified atom stereocenters. The van der Waals surface area contributed by atoms with Gasteiger partial charge in [-0.15, -0.1) is 0 Å². The van der Waals surface area contributed by atoms with Gasteiger partial charge in [0.05, 0.1) is 0 Å². The van der Waals surface area contributed by atoms with E-state index in [0.717, 1.165) is 30.8 Å². The fourth-order valence-electron chi connectivity index (χ4n) is 2.54. The maximum Gasteiger partial charge on any atom is 0.166 e. The molecule has 2 nitrogen and oxygen atoms in total. The number of Topliss-reactive ketones (excluding diaryl/α,β-unsaturated/α-hetero) is 1. The molecular weight excluding hydrogens is 222 g/mol. The highest BCUT2D eigenvalue weighted by Gasteiger charge is 2.20. The Morgan fingerprint density at radius 1 is 1.44 bits per heavy atom. The second-order valence-electron chi connectivity index (χ2n) is 5.10. The van der Waals surface area contributed by atoms with E-state index in [4.69, 9.17) is 0 Å². The van der Waals surface area contributed by atoms with E-state index in [2.05, 4.69) is 11.5 Å². The molecule has 0 N–H and O–H groups in total. The molecule has 0 radical (unpaired) electrons. The summed E-state index contributed by atoms with van der Waals surface area (Å²) in [5, 5.41) is 0. The van der Waals surface area contributed by atoms with Crippen molar-refractivity contribution in [3.8, 4) is 0 Å². The summed E-state index contributed by atoms with van der Waals surface area (Å²) in [7, 11) is 0. The summed E-state index contributed by atoms with van der Waals surface area (Å²) in [4.78, 5) is 14.7. The van der Waals surface area contributed by atoms with Gasteiger partial charge >= 0.3 is 0 Å². The van der Waals surface area contributed by atoms with Gasteiger partial charge in [0, 0.05) is 18.0 Å². The summed E-state index contributed by atoms with van der Waals surface area (Å²) in [5.74, 6) is 0.314. The van der Waals surface area contributed by atoms with Crippen LogP contribution in [-0.2, 0) is 0 Å². The Morgan fingerprint density at radius 3 is 2.83 bits per heavy atom. The normalized spacial score (nSPS) is 17.6. The van der Waals surface area contributed by atoms with Crippen LogP contribution in [0.5, 0.6) is 0 Å². The van der Waals surface area contributed by atoms with Crippen molar-refractivity contribution in [2.24, 2.45) is 5.92 Å². The number of likely N-dealkylation sites (tertiary alicyclic amines) is 1. The first-order valence-electron chi connectivity index (χ1n) is 6.70.